The van der Waals surface area contributed by atoms with Gasteiger partial charge in [0.25, 0.3) is 0 Å². The highest BCUT2D eigenvalue weighted by atomic mass is 16.5. The van der Waals surface area contributed by atoms with E-state index in [-0.39, 0.29) is 5.91 Å². The van der Waals surface area contributed by atoms with Gasteiger partial charge in [-0.25, -0.2) is 0 Å². The molecule has 0 saturated carbocycles. The first-order chi connectivity index (χ1) is 9.29. The fourth-order valence-electron chi connectivity index (χ4n) is 1.67. The Kier molecular flexibility index (Phi) is 4.34. The van der Waals surface area contributed by atoms with Crippen LogP contribution in [0.4, 0.5) is 5.69 Å². The van der Waals surface area contributed by atoms with Crippen molar-refractivity contribution in [2.24, 2.45) is 0 Å². The number of methoxy groups -OCH3 is 1. The second-order valence-electron chi connectivity index (χ2n) is 3.93. The predicted octanol–water partition coefficient (Wildman–Crippen LogP) is 3.35. The largest absolute Gasteiger partial charge is 0.496 e. The molecule has 1 N–H and O–H groups in total. The molecule has 0 heterocycles. The molecule has 96 valence electrons. The standard InChI is InChI=1S/C16H15NO2/c1-19-15-10-6-5-7-13(15)11-12-16(18)17-14-8-3-2-4-9-14/h2-12H,1H3,(H,17,18)/b12-11+. The molecule has 2 aromatic carbocycles. The number of benzene rings is 2. The quantitative estimate of drug-likeness (QED) is 0.849. The van der Waals surface area contributed by atoms with E-state index in [2.05, 4.69) is 5.32 Å². The normalized spacial score (nSPS) is 10.4. The number of carbonyl (C=O) groups excluding carboxylic acids is 1. The molecule has 19 heavy (non-hydrogen) atoms. The fraction of sp³-hybridized carbons (Fsp3) is 0.0625. The number of carbonyl (C=O) groups is 1. The van der Waals surface area contributed by atoms with Crippen molar-refractivity contribution in [3.05, 3.63) is 66.2 Å². The number of hydrogen-bond acceptors (Lipinski definition) is 2. The van der Waals surface area contributed by atoms with Gasteiger partial charge in [0.05, 0.1) is 7.11 Å². The Morgan fingerprint density at radius 1 is 1.05 bits per heavy atom. The Labute approximate surface area is 112 Å². The van der Waals surface area contributed by atoms with Crippen LogP contribution >= 0.6 is 0 Å². The van der Waals surface area contributed by atoms with Crippen LogP contribution in [0.2, 0.25) is 0 Å². The zero-order valence-corrected chi connectivity index (χ0v) is 10.7. The van der Waals surface area contributed by atoms with E-state index < -0.39 is 0 Å². The van der Waals surface area contributed by atoms with Crippen LogP contribution in [0.15, 0.2) is 60.7 Å². The van der Waals surface area contributed by atoms with Crippen molar-refractivity contribution < 1.29 is 9.53 Å². The maximum atomic E-state index is 11.7. The molecule has 0 fully saturated rings. The van der Waals surface area contributed by atoms with Crippen LogP contribution in [0.25, 0.3) is 6.08 Å². The molecule has 0 atom stereocenters. The van der Waals surface area contributed by atoms with Crippen molar-refractivity contribution in [3.8, 4) is 5.75 Å². The summed E-state index contributed by atoms with van der Waals surface area (Å²) in [5.74, 6) is 0.573. The van der Waals surface area contributed by atoms with E-state index in [4.69, 9.17) is 4.74 Å². The van der Waals surface area contributed by atoms with Crippen molar-refractivity contribution in [1.82, 2.24) is 0 Å². The third kappa shape index (κ3) is 3.71. The van der Waals surface area contributed by atoms with Crippen molar-refractivity contribution in [3.63, 3.8) is 0 Å². The van der Waals surface area contributed by atoms with E-state index in [1.165, 1.54) is 6.08 Å². The zero-order valence-electron chi connectivity index (χ0n) is 10.7. The van der Waals surface area contributed by atoms with Crippen LogP contribution in [0.1, 0.15) is 5.56 Å². The molecule has 0 aromatic heterocycles. The summed E-state index contributed by atoms with van der Waals surface area (Å²) in [5.41, 5.74) is 1.64. The highest BCUT2D eigenvalue weighted by Crippen LogP contribution is 2.18. The van der Waals surface area contributed by atoms with E-state index in [0.717, 1.165) is 17.0 Å². The van der Waals surface area contributed by atoms with E-state index in [0.29, 0.717) is 0 Å². The van der Waals surface area contributed by atoms with E-state index in [1.54, 1.807) is 13.2 Å². The van der Waals surface area contributed by atoms with Crippen molar-refractivity contribution in [1.29, 1.82) is 0 Å². The number of rotatable bonds is 4. The molecule has 3 nitrogen and oxygen atoms in total. The van der Waals surface area contributed by atoms with Gasteiger partial charge in [-0.3, -0.25) is 4.79 Å². The van der Waals surface area contributed by atoms with Gasteiger partial charge in [-0.1, -0.05) is 36.4 Å². The van der Waals surface area contributed by atoms with E-state index in [9.17, 15) is 4.79 Å². The highest BCUT2D eigenvalue weighted by Gasteiger charge is 1.99. The molecule has 0 spiro atoms. The van der Waals surface area contributed by atoms with Gasteiger partial charge in [-0.2, -0.15) is 0 Å². The van der Waals surface area contributed by atoms with Gasteiger partial charge in [0.15, 0.2) is 0 Å². The Balaban J connectivity index is 2.04. The number of ether oxygens (including phenoxy) is 1. The van der Waals surface area contributed by atoms with Gasteiger partial charge in [0, 0.05) is 17.3 Å². The van der Waals surface area contributed by atoms with Crippen LogP contribution in [0.3, 0.4) is 0 Å². The number of anilines is 1. The molecule has 0 saturated heterocycles. The summed E-state index contributed by atoms with van der Waals surface area (Å²) in [5, 5.41) is 2.78. The molecular formula is C16H15NO2. The maximum absolute atomic E-state index is 11.7. The number of para-hydroxylation sites is 2. The van der Waals surface area contributed by atoms with Gasteiger partial charge < -0.3 is 10.1 Å². The lowest BCUT2D eigenvalue weighted by Gasteiger charge is -2.04. The van der Waals surface area contributed by atoms with Crippen LogP contribution in [-0.4, -0.2) is 13.0 Å². The molecular weight excluding hydrogens is 238 g/mol. The Hall–Kier alpha value is -2.55. The molecule has 0 radical (unpaired) electrons. The molecule has 2 aromatic rings. The van der Waals surface area contributed by atoms with Crippen LogP contribution in [-0.2, 0) is 4.79 Å². The first-order valence-corrected chi connectivity index (χ1v) is 5.97. The number of amides is 1. The van der Waals surface area contributed by atoms with Crippen molar-refractivity contribution in [2.45, 2.75) is 0 Å². The Morgan fingerprint density at radius 2 is 1.74 bits per heavy atom. The SMILES string of the molecule is COc1ccccc1/C=C/C(=O)Nc1ccccc1. The molecule has 2 rings (SSSR count). The Bertz CT molecular complexity index is 576. The second kappa shape index (κ2) is 6.40. The summed E-state index contributed by atoms with van der Waals surface area (Å²) in [7, 11) is 1.61. The summed E-state index contributed by atoms with van der Waals surface area (Å²) in [6.45, 7) is 0. The molecule has 1 amide bonds. The van der Waals surface area contributed by atoms with E-state index >= 15 is 0 Å². The Morgan fingerprint density at radius 3 is 2.47 bits per heavy atom. The first-order valence-electron chi connectivity index (χ1n) is 5.97. The number of nitrogens with one attached hydrogen (secondary N) is 1. The minimum Gasteiger partial charge on any atom is -0.496 e. The maximum Gasteiger partial charge on any atom is 0.248 e. The number of hydrogen-bond donors (Lipinski definition) is 1. The van der Waals surface area contributed by atoms with Gasteiger partial charge in [0.2, 0.25) is 5.91 Å². The summed E-state index contributed by atoms with van der Waals surface area (Å²) < 4.78 is 5.21. The van der Waals surface area contributed by atoms with Crippen LogP contribution in [0, 0.1) is 0 Å². The molecule has 3 heteroatoms. The molecule has 0 aliphatic heterocycles. The average Bonchev–Trinajstić information content (AvgIpc) is 2.46. The lowest BCUT2D eigenvalue weighted by atomic mass is 10.2. The summed E-state index contributed by atoms with van der Waals surface area (Å²) >= 11 is 0. The van der Waals surface area contributed by atoms with Gasteiger partial charge >= 0.3 is 0 Å². The van der Waals surface area contributed by atoms with Crippen LogP contribution in [0.5, 0.6) is 5.75 Å². The second-order valence-corrected chi connectivity index (χ2v) is 3.93. The molecule has 0 bridgehead atoms. The first kappa shape index (κ1) is 12.9. The average molecular weight is 253 g/mol. The third-order valence-corrected chi connectivity index (χ3v) is 2.59. The topological polar surface area (TPSA) is 38.3 Å². The minimum atomic E-state index is -0.169. The van der Waals surface area contributed by atoms with Gasteiger partial charge in [-0.05, 0) is 24.3 Å². The van der Waals surface area contributed by atoms with Crippen LogP contribution < -0.4 is 10.1 Å². The molecule has 0 aliphatic rings. The third-order valence-electron chi connectivity index (χ3n) is 2.59. The summed E-state index contributed by atoms with van der Waals surface area (Å²) in [4.78, 5) is 11.7. The van der Waals surface area contributed by atoms with Gasteiger partial charge in [-0.15, -0.1) is 0 Å². The minimum absolute atomic E-state index is 0.169. The summed E-state index contributed by atoms with van der Waals surface area (Å²) in [6.07, 6.45) is 3.22. The fourth-order valence-corrected chi connectivity index (χ4v) is 1.67. The lowest BCUT2D eigenvalue weighted by molar-refractivity contribution is -0.111. The van der Waals surface area contributed by atoms with E-state index in [1.807, 2.05) is 54.6 Å². The van der Waals surface area contributed by atoms with Crippen molar-refractivity contribution in [2.75, 3.05) is 12.4 Å². The zero-order chi connectivity index (χ0) is 13.5. The monoisotopic (exact) mass is 253 g/mol. The molecule has 0 aliphatic carbocycles. The predicted molar refractivity (Wildman–Crippen MR) is 77.1 cm³/mol. The highest BCUT2D eigenvalue weighted by molar-refractivity contribution is 6.02. The van der Waals surface area contributed by atoms with Gasteiger partial charge in [0.1, 0.15) is 5.75 Å². The molecule has 0 unspecified atom stereocenters. The smallest absolute Gasteiger partial charge is 0.248 e. The summed E-state index contributed by atoms with van der Waals surface area (Å²) in [6, 6.07) is 16.9. The van der Waals surface area contributed by atoms with Crippen molar-refractivity contribution >= 4 is 17.7 Å². The lowest BCUT2D eigenvalue weighted by Crippen LogP contribution is -2.07.